The zero-order valence-corrected chi connectivity index (χ0v) is 10.3. The fourth-order valence-electron chi connectivity index (χ4n) is 1.84. The SMILES string of the molecule is O=C(NCc1cccc(Cl)c1)NC1CCNC1. The minimum atomic E-state index is -0.126. The van der Waals surface area contributed by atoms with Gasteiger partial charge in [0.2, 0.25) is 0 Å². The number of amides is 2. The molecular formula is C12H16ClN3O. The molecular weight excluding hydrogens is 238 g/mol. The topological polar surface area (TPSA) is 53.2 Å². The van der Waals surface area contributed by atoms with Gasteiger partial charge in [0.25, 0.3) is 0 Å². The molecule has 92 valence electrons. The summed E-state index contributed by atoms with van der Waals surface area (Å²) in [6.45, 7) is 2.32. The van der Waals surface area contributed by atoms with E-state index >= 15 is 0 Å². The van der Waals surface area contributed by atoms with Crippen molar-refractivity contribution in [2.24, 2.45) is 0 Å². The fourth-order valence-corrected chi connectivity index (χ4v) is 2.06. The molecule has 2 amide bonds. The van der Waals surface area contributed by atoms with Crippen molar-refractivity contribution in [3.8, 4) is 0 Å². The molecule has 0 spiro atoms. The summed E-state index contributed by atoms with van der Waals surface area (Å²) in [5, 5.41) is 9.62. The smallest absolute Gasteiger partial charge is 0.315 e. The van der Waals surface area contributed by atoms with Crippen LogP contribution in [-0.4, -0.2) is 25.2 Å². The van der Waals surface area contributed by atoms with Crippen molar-refractivity contribution < 1.29 is 4.79 Å². The highest BCUT2D eigenvalue weighted by molar-refractivity contribution is 6.30. The van der Waals surface area contributed by atoms with E-state index in [-0.39, 0.29) is 12.1 Å². The van der Waals surface area contributed by atoms with Gasteiger partial charge in [-0.05, 0) is 30.7 Å². The molecule has 1 aromatic rings. The lowest BCUT2D eigenvalue weighted by Crippen LogP contribution is -2.42. The number of nitrogens with one attached hydrogen (secondary N) is 3. The van der Waals surface area contributed by atoms with Crippen LogP contribution in [0.15, 0.2) is 24.3 Å². The van der Waals surface area contributed by atoms with E-state index in [0.29, 0.717) is 11.6 Å². The van der Waals surface area contributed by atoms with Crippen LogP contribution in [0.1, 0.15) is 12.0 Å². The van der Waals surface area contributed by atoms with Crippen molar-refractivity contribution >= 4 is 17.6 Å². The maximum atomic E-state index is 11.6. The third kappa shape index (κ3) is 3.91. The van der Waals surface area contributed by atoms with Gasteiger partial charge >= 0.3 is 6.03 Å². The van der Waals surface area contributed by atoms with Gasteiger partial charge < -0.3 is 16.0 Å². The standard InChI is InChI=1S/C12H16ClN3O/c13-10-3-1-2-9(6-10)7-15-12(17)16-11-4-5-14-8-11/h1-3,6,11,14H,4-5,7-8H2,(H2,15,16,17). The largest absolute Gasteiger partial charge is 0.334 e. The minimum Gasteiger partial charge on any atom is -0.334 e. The molecule has 17 heavy (non-hydrogen) atoms. The fraction of sp³-hybridized carbons (Fsp3) is 0.417. The van der Waals surface area contributed by atoms with E-state index in [1.165, 1.54) is 0 Å². The predicted molar refractivity (Wildman–Crippen MR) is 68.1 cm³/mol. The lowest BCUT2D eigenvalue weighted by atomic mass is 10.2. The van der Waals surface area contributed by atoms with Gasteiger partial charge in [-0.15, -0.1) is 0 Å². The first kappa shape index (κ1) is 12.2. The molecule has 4 nitrogen and oxygen atoms in total. The summed E-state index contributed by atoms with van der Waals surface area (Å²) in [6, 6.07) is 7.59. The average Bonchev–Trinajstić information content (AvgIpc) is 2.79. The Hall–Kier alpha value is -1.26. The summed E-state index contributed by atoms with van der Waals surface area (Å²) in [7, 11) is 0. The van der Waals surface area contributed by atoms with Crippen molar-refractivity contribution in [3.05, 3.63) is 34.9 Å². The summed E-state index contributed by atoms with van der Waals surface area (Å²) >= 11 is 5.86. The normalized spacial score (nSPS) is 19.0. The molecule has 0 radical (unpaired) electrons. The predicted octanol–water partition coefficient (Wildman–Crippen LogP) is 1.50. The summed E-state index contributed by atoms with van der Waals surface area (Å²) in [5.41, 5.74) is 0.997. The number of hydrogen-bond acceptors (Lipinski definition) is 2. The van der Waals surface area contributed by atoms with Gasteiger partial charge in [-0.3, -0.25) is 0 Å². The average molecular weight is 254 g/mol. The lowest BCUT2D eigenvalue weighted by Gasteiger charge is -2.12. The number of halogens is 1. The molecule has 1 atom stereocenters. The Morgan fingerprint density at radius 2 is 2.41 bits per heavy atom. The molecule has 0 aromatic heterocycles. The second-order valence-corrected chi connectivity index (χ2v) is 4.58. The highest BCUT2D eigenvalue weighted by atomic mass is 35.5. The third-order valence-corrected chi connectivity index (χ3v) is 2.97. The molecule has 1 aromatic carbocycles. The first-order valence-electron chi connectivity index (χ1n) is 5.73. The van der Waals surface area contributed by atoms with Crippen molar-refractivity contribution in [3.63, 3.8) is 0 Å². The van der Waals surface area contributed by atoms with Crippen molar-refractivity contribution in [2.45, 2.75) is 19.0 Å². The minimum absolute atomic E-state index is 0.126. The molecule has 2 rings (SSSR count). The molecule has 0 bridgehead atoms. The van der Waals surface area contributed by atoms with Crippen molar-refractivity contribution in [2.75, 3.05) is 13.1 Å². The van der Waals surface area contributed by atoms with E-state index < -0.39 is 0 Å². The van der Waals surface area contributed by atoms with Crippen LogP contribution in [-0.2, 0) is 6.54 Å². The van der Waals surface area contributed by atoms with Gasteiger partial charge in [-0.2, -0.15) is 0 Å². The van der Waals surface area contributed by atoms with Crippen LogP contribution in [0.25, 0.3) is 0 Å². The molecule has 5 heteroatoms. The van der Waals surface area contributed by atoms with Gasteiger partial charge in [0.05, 0.1) is 0 Å². The summed E-state index contributed by atoms with van der Waals surface area (Å²) in [6.07, 6.45) is 0.991. The third-order valence-electron chi connectivity index (χ3n) is 2.74. The van der Waals surface area contributed by atoms with Crippen LogP contribution >= 0.6 is 11.6 Å². The molecule has 1 aliphatic heterocycles. The number of carbonyl (C=O) groups is 1. The highest BCUT2D eigenvalue weighted by Gasteiger charge is 2.15. The lowest BCUT2D eigenvalue weighted by molar-refractivity contribution is 0.237. The Morgan fingerprint density at radius 3 is 3.12 bits per heavy atom. The van der Waals surface area contributed by atoms with Gasteiger partial charge in [0.15, 0.2) is 0 Å². The molecule has 3 N–H and O–H groups in total. The van der Waals surface area contributed by atoms with E-state index in [4.69, 9.17) is 11.6 Å². The second-order valence-electron chi connectivity index (χ2n) is 4.15. The number of benzene rings is 1. The van der Waals surface area contributed by atoms with Crippen LogP contribution in [0.4, 0.5) is 4.79 Å². The number of rotatable bonds is 3. The molecule has 1 saturated heterocycles. The van der Waals surface area contributed by atoms with Crippen LogP contribution in [0.2, 0.25) is 5.02 Å². The maximum absolute atomic E-state index is 11.6. The number of urea groups is 1. The highest BCUT2D eigenvalue weighted by Crippen LogP contribution is 2.10. The van der Waals surface area contributed by atoms with Gasteiger partial charge in [0.1, 0.15) is 0 Å². The zero-order chi connectivity index (χ0) is 12.1. The van der Waals surface area contributed by atoms with E-state index in [9.17, 15) is 4.79 Å². The van der Waals surface area contributed by atoms with Crippen LogP contribution in [0.5, 0.6) is 0 Å². The molecule has 1 heterocycles. The Labute approximate surface area is 106 Å². The molecule has 0 aliphatic carbocycles. The Kier molecular flexibility index (Phi) is 4.23. The Morgan fingerprint density at radius 1 is 1.53 bits per heavy atom. The number of hydrogen-bond donors (Lipinski definition) is 3. The van der Waals surface area contributed by atoms with Crippen LogP contribution < -0.4 is 16.0 Å². The van der Waals surface area contributed by atoms with E-state index in [0.717, 1.165) is 25.1 Å². The van der Waals surface area contributed by atoms with Gasteiger partial charge in [-0.25, -0.2) is 4.79 Å². The van der Waals surface area contributed by atoms with E-state index in [2.05, 4.69) is 16.0 Å². The molecule has 1 fully saturated rings. The van der Waals surface area contributed by atoms with Crippen LogP contribution in [0.3, 0.4) is 0 Å². The summed E-state index contributed by atoms with van der Waals surface area (Å²) in [5.74, 6) is 0. The Balaban J connectivity index is 1.75. The first-order chi connectivity index (χ1) is 8.24. The van der Waals surface area contributed by atoms with Crippen molar-refractivity contribution in [1.29, 1.82) is 0 Å². The first-order valence-corrected chi connectivity index (χ1v) is 6.11. The quantitative estimate of drug-likeness (QED) is 0.765. The van der Waals surface area contributed by atoms with Crippen LogP contribution in [0, 0.1) is 0 Å². The van der Waals surface area contributed by atoms with E-state index in [1.807, 2.05) is 24.3 Å². The molecule has 0 saturated carbocycles. The van der Waals surface area contributed by atoms with Crippen molar-refractivity contribution in [1.82, 2.24) is 16.0 Å². The van der Waals surface area contributed by atoms with Gasteiger partial charge in [0, 0.05) is 24.2 Å². The maximum Gasteiger partial charge on any atom is 0.315 e. The molecule has 1 unspecified atom stereocenters. The second kappa shape index (κ2) is 5.89. The number of carbonyl (C=O) groups excluding carboxylic acids is 1. The van der Waals surface area contributed by atoms with E-state index in [1.54, 1.807) is 0 Å². The monoisotopic (exact) mass is 253 g/mol. The zero-order valence-electron chi connectivity index (χ0n) is 9.50. The molecule has 1 aliphatic rings. The Bertz CT molecular complexity index is 391. The summed E-state index contributed by atoms with van der Waals surface area (Å²) in [4.78, 5) is 11.6. The van der Waals surface area contributed by atoms with Gasteiger partial charge in [-0.1, -0.05) is 23.7 Å². The summed E-state index contributed by atoms with van der Waals surface area (Å²) < 4.78 is 0.